The second-order valence-corrected chi connectivity index (χ2v) is 3.63. The van der Waals surface area contributed by atoms with Crippen LogP contribution in [0.15, 0.2) is 28.7 Å². The minimum Gasteiger partial charge on any atom is -0.459 e. The molecule has 0 heterocycles. The zero-order valence-corrected chi connectivity index (χ0v) is 9.61. The number of aliphatic hydroxyl groups excluding tert-OH is 1. The van der Waals surface area contributed by atoms with Crippen LogP contribution in [0.3, 0.4) is 0 Å². The fourth-order valence-electron chi connectivity index (χ4n) is 0.907. The number of esters is 1. The van der Waals surface area contributed by atoms with Gasteiger partial charge in [-0.25, -0.2) is 4.79 Å². The van der Waals surface area contributed by atoms with Crippen LogP contribution in [0.1, 0.15) is 11.7 Å². The van der Waals surface area contributed by atoms with Crippen LogP contribution in [0, 0.1) is 11.8 Å². The molecule has 0 radical (unpaired) electrons. The normalized spacial score (nSPS) is 11.1. The Hall–Kier alpha value is -1.31. The molecule has 1 aromatic carbocycles. The van der Waals surface area contributed by atoms with Crippen molar-refractivity contribution in [2.24, 2.45) is 0 Å². The van der Waals surface area contributed by atoms with Crippen molar-refractivity contribution in [3.8, 4) is 11.8 Å². The summed E-state index contributed by atoms with van der Waals surface area (Å²) in [6.45, 7) is 0. The molecule has 1 aromatic rings. The third-order valence-electron chi connectivity index (χ3n) is 1.68. The quantitative estimate of drug-likeness (QED) is 0.479. The van der Waals surface area contributed by atoms with Crippen LogP contribution in [0.4, 0.5) is 0 Å². The Morgan fingerprint density at radius 1 is 1.47 bits per heavy atom. The van der Waals surface area contributed by atoms with Crippen LogP contribution in [0.2, 0.25) is 0 Å². The second kappa shape index (κ2) is 5.54. The number of carbonyl (C=O) groups excluding carboxylic acids is 1. The first-order valence-electron chi connectivity index (χ1n) is 4.16. The Morgan fingerprint density at radius 3 is 2.60 bits per heavy atom. The summed E-state index contributed by atoms with van der Waals surface area (Å²) in [6.07, 6.45) is -0.975. The predicted molar refractivity (Wildman–Crippen MR) is 58.9 cm³/mol. The molecule has 0 aliphatic heterocycles. The highest BCUT2D eigenvalue weighted by Crippen LogP contribution is 2.15. The Labute approximate surface area is 96.2 Å². The van der Waals surface area contributed by atoms with Crippen molar-refractivity contribution in [2.45, 2.75) is 6.10 Å². The molecule has 0 unspecified atom stereocenters. The largest absolute Gasteiger partial charge is 0.459 e. The molecule has 15 heavy (non-hydrogen) atoms. The monoisotopic (exact) mass is 268 g/mol. The maximum absolute atomic E-state index is 10.7. The number of carbonyl (C=O) groups is 1. The summed E-state index contributed by atoms with van der Waals surface area (Å²) >= 11 is 3.28. The summed E-state index contributed by atoms with van der Waals surface area (Å²) in [7, 11) is 1.24. The van der Waals surface area contributed by atoms with Crippen LogP contribution < -0.4 is 0 Å². The van der Waals surface area contributed by atoms with Gasteiger partial charge in [0.2, 0.25) is 0 Å². The van der Waals surface area contributed by atoms with Gasteiger partial charge < -0.3 is 9.84 Å². The van der Waals surface area contributed by atoms with E-state index in [9.17, 15) is 9.90 Å². The maximum Gasteiger partial charge on any atom is 0.384 e. The number of rotatable bonds is 1. The fraction of sp³-hybridized carbons (Fsp3) is 0.182. The van der Waals surface area contributed by atoms with Gasteiger partial charge in [-0.2, -0.15) is 0 Å². The van der Waals surface area contributed by atoms with Crippen molar-refractivity contribution in [1.82, 2.24) is 0 Å². The van der Waals surface area contributed by atoms with Gasteiger partial charge in [0, 0.05) is 10.4 Å². The second-order valence-electron chi connectivity index (χ2n) is 2.72. The highest BCUT2D eigenvalue weighted by Gasteiger charge is 2.03. The minimum atomic E-state index is -0.975. The fourth-order valence-corrected chi connectivity index (χ4v) is 1.17. The zero-order valence-electron chi connectivity index (χ0n) is 8.03. The van der Waals surface area contributed by atoms with Gasteiger partial charge in [0.25, 0.3) is 0 Å². The van der Waals surface area contributed by atoms with Crippen LogP contribution in [-0.2, 0) is 9.53 Å². The number of aliphatic hydroxyl groups is 1. The molecule has 0 fully saturated rings. The van der Waals surface area contributed by atoms with E-state index in [0.717, 1.165) is 4.47 Å². The van der Waals surface area contributed by atoms with E-state index < -0.39 is 12.1 Å². The van der Waals surface area contributed by atoms with E-state index in [2.05, 4.69) is 32.5 Å². The Kier molecular flexibility index (Phi) is 4.35. The van der Waals surface area contributed by atoms with Crippen molar-refractivity contribution >= 4 is 21.9 Å². The molecule has 0 saturated carbocycles. The van der Waals surface area contributed by atoms with E-state index in [-0.39, 0.29) is 0 Å². The summed E-state index contributed by atoms with van der Waals surface area (Å²) in [5, 5.41) is 9.56. The molecule has 1 atom stereocenters. The predicted octanol–water partition coefficient (Wildman–Crippen LogP) is 1.66. The summed E-state index contributed by atoms with van der Waals surface area (Å²) in [4.78, 5) is 10.7. The number of hydrogen-bond donors (Lipinski definition) is 1. The number of halogens is 1. The topological polar surface area (TPSA) is 46.5 Å². The average Bonchev–Trinajstić information content (AvgIpc) is 2.26. The van der Waals surface area contributed by atoms with Crippen LogP contribution in [-0.4, -0.2) is 18.2 Å². The molecule has 3 nitrogen and oxygen atoms in total. The molecular weight excluding hydrogens is 260 g/mol. The van der Waals surface area contributed by atoms with Crippen molar-refractivity contribution in [3.05, 3.63) is 34.3 Å². The molecule has 0 spiro atoms. The van der Waals surface area contributed by atoms with Gasteiger partial charge >= 0.3 is 5.97 Å². The third-order valence-corrected chi connectivity index (χ3v) is 2.21. The van der Waals surface area contributed by atoms with Crippen molar-refractivity contribution in [3.63, 3.8) is 0 Å². The molecular formula is C11H9BrO3. The molecule has 0 saturated heterocycles. The lowest BCUT2D eigenvalue weighted by Gasteiger charge is -2.02. The van der Waals surface area contributed by atoms with Gasteiger partial charge in [-0.3, -0.25) is 0 Å². The van der Waals surface area contributed by atoms with Crippen molar-refractivity contribution in [2.75, 3.05) is 7.11 Å². The van der Waals surface area contributed by atoms with E-state index in [0.29, 0.717) is 5.56 Å². The molecule has 0 aliphatic carbocycles. The van der Waals surface area contributed by atoms with E-state index in [1.165, 1.54) is 7.11 Å². The molecule has 0 amide bonds. The standard InChI is InChI=1S/C11H9BrO3/c1-15-11(14)7-6-10(13)8-2-4-9(12)5-3-8/h2-5,10,13H,1H3/t10-/m0/s1. The molecule has 4 heteroatoms. The highest BCUT2D eigenvalue weighted by atomic mass is 79.9. The molecule has 0 aromatic heterocycles. The summed E-state index contributed by atoms with van der Waals surface area (Å²) in [5.41, 5.74) is 0.634. The van der Waals surface area contributed by atoms with E-state index in [1.54, 1.807) is 24.3 Å². The number of benzene rings is 1. The lowest BCUT2D eigenvalue weighted by Crippen LogP contribution is -1.98. The molecule has 1 rings (SSSR count). The van der Waals surface area contributed by atoms with E-state index >= 15 is 0 Å². The molecule has 1 N–H and O–H groups in total. The third kappa shape index (κ3) is 3.74. The van der Waals surface area contributed by atoms with Crippen LogP contribution in [0.25, 0.3) is 0 Å². The summed E-state index contributed by atoms with van der Waals surface area (Å²) < 4.78 is 5.24. The van der Waals surface area contributed by atoms with Gasteiger partial charge in [-0.05, 0) is 17.7 Å². The highest BCUT2D eigenvalue weighted by molar-refractivity contribution is 9.10. The lowest BCUT2D eigenvalue weighted by molar-refractivity contribution is -0.133. The summed E-state index contributed by atoms with van der Waals surface area (Å²) in [6, 6.07) is 7.03. The Bertz CT molecular complexity index is 400. The van der Waals surface area contributed by atoms with Crippen LogP contribution in [0.5, 0.6) is 0 Å². The zero-order chi connectivity index (χ0) is 11.3. The molecule has 78 valence electrons. The summed E-state index contributed by atoms with van der Waals surface area (Å²) in [5.74, 6) is 3.90. The Balaban J connectivity index is 2.75. The van der Waals surface area contributed by atoms with Gasteiger partial charge in [0.1, 0.15) is 6.10 Å². The first kappa shape index (κ1) is 11.8. The van der Waals surface area contributed by atoms with E-state index in [4.69, 9.17) is 0 Å². The van der Waals surface area contributed by atoms with Crippen molar-refractivity contribution < 1.29 is 14.6 Å². The molecule has 0 aliphatic rings. The van der Waals surface area contributed by atoms with Crippen LogP contribution >= 0.6 is 15.9 Å². The average molecular weight is 269 g/mol. The first-order valence-corrected chi connectivity index (χ1v) is 4.96. The Morgan fingerprint density at radius 2 is 2.07 bits per heavy atom. The lowest BCUT2D eigenvalue weighted by atomic mass is 10.1. The number of hydrogen-bond acceptors (Lipinski definition) is 3. The van der Waals surface area contributed by atoms with Gasteiger partial charge in [-0.1, -0.05) is 34.0 Å². The first-order chi connectivity index (χ1) is 7.13. The minimum absolute atomic E-state index is 0.634. The number of ether oxygens (including phenoxy) is 1. The van der Waals surface area contributed by atoms with Gasteiger partial charge in [0.05, 0.1) is 7.11 Å². The van der Waals surface area contributed by atoms with Gasteiger partial charge in [-0.15, -0.1) is 0 Å². The smallest absolute Gasteiger partial charge is 0.384 e. The number of methoxy groups -OCH3 is 1. The van der Waals surface area contributed by atoms with Crippen molar-refractivity contribution in [1.29, 1.82) is 0 Å². The molecule has 0 bridgehead atoms. The SMILES string of the molecule is COC(=O)C#C[C@H](O)c1ccc(Br)cc1. The maximum atomic E-state index is 10.7. The van der Waals surface area contributed by atoms with Gasteiger partial charge in [0.15, 0.2) is 0 Å². The van der Waals surface area contributed by atoms with E-state index in [1.807, 2.05) is 0 Å².